The summed E-state index contributed by atoms with van der Waals surface area (Å²) in [5.41, 5.74) is 6.45. The van der Waals surface area contributed by atoms with Gasteiger partial charge in [-0.25, -0.2) is 4.39 Å². The zero-order chi connectivity index (χ0) is 15.0. The van der Waals surface area contributed by atoms with Crippen molar-refractivity contribution in [3.8, 4) is 0 Å². The quantitative estimate of drug-likeness (QED) is 0.644. The predicted octanol–water partition coefficient (Wildman–Crippen LogP) is 2.40. The number of piperazine rings is 1. The fraction of sp³-hybridized carbons (Fsp3) is 0.533. The summed E-state index contributed by atoms with van der Waals surface area (Å²) in [4.78, 5) is 4.55. The normalized spacial score (nSPS) is 19.8. The van der Waals surface area contributed by atoms with Crippen molar-refractivity contribution in [2.45, 2.75) is 12.8 Å². The Kier molecular flexibility index (Phi) is 4.17. The lowest BCUT2D eigenvalue weighted by Crippen LogP contribution is -2.47. The molecular weight excluding hydrogens is 335 g/mol. The van der Waals surface area contributed by atoms with Gasteiger partial charge < -0.3 is 10.6 Å². The third-order valence-corrected chi connectivity index (χ3v) is 5.05. The highest BCUT2D eigenvalue weighted by atomic mass is 79.9. The topological polar surface area (TPSA) is 56.4 Å². The second kappa shape index (κ2) is 5.93. The first kappa shape index (κ1) is 14.8. The van der Waals surface area contributed by atoms with E-state index in [0.29, 0.717) is 11.3 Å². The largest absolute Gasteiger partial charge is 0.384 e. The summed E-state index contributed by atoms with van der Waals surface area (Å²) in [6, 6.07) is 3.44. The van der Waals surface area contributed by atoms with Gasteiger partial charge in [-0.3, -0.25) is 10.3 Å². The Labute approximate surface area is 132 Å². The van der Waals surface area contributed by atoms with Gasteiger partial charge in [0.05, 0.1) is 10.2 Å². The highest BCUT2D eigenvalue weighted by molar-refractivity contribution is 9.10. The van der Waals surface area contributed by atoms with E-state index >= 15 is 0 Å². The Morgan fingerprint density at radius 2 is 1.95 bits per heavy atom. The van der Waals surface area contributed by atoms with Gasteiger partial charge >= 0.3 is 0 Å². The minimum Gasteiger partial charge on any atom is -0.384 e. The first-order valence-corrected chi connectivity index (χ1v) is 8.15. The summed E-state index contributed by atoms with van der Waals surface area (Å²) in [6.07, 6.45) is 2.74. The van der Waals surface area contributed by atoms with Gasteiger partial charge in [0.1, 0.15) is 5.84 Å². The molecule has 0 bridgehead atoms. The maximum absolute atomic E-state index is 14.5. The van der Waals surface area contributed by atoms with E-state index in [0.717, 1.165) is 32.1 Å². The van der Waals surface area contributed by atoms with Crippen molar-refractivity contribution in [2.24, 2.45) is 11.7 Å². The van der Waals surface area contributed by atoms with Crippen LogP contribution < -0.4 is 10.6 Å². The molecule has 0 radical (unpaired) electrons. The molecule has 2 aliphatic rings. The average molecular weight is 355 g/mol. The molecule has 0 aromatic heterocycles. The number of hydrogen-bond donors (Lipinski definition) is 2. The first-order valence-electron chi connectivity index (χ1n) is 7.36. The number of nitrogens with two attached hydrogens (primary N) is 1. The fourth-order valence-electron chi connectivity index (χ4n) is 2.83. The van der Waals surface area contributed by atoms with Crippen LogP contribution in [0.4, 0.5) is 10.1 Å². The van der Waals surface area contributed by atoms with Gasteiger partial charge in [0, 0.05) is 38.3 Å². The van der Waals surface area contributed by atoms with Crippen LogP contribution >= 0.6 is 15.9 Å². The van der Waals surface area contributed by atoms with E-state index in [-0.39, 0.29) is 16.1 Å². The number of nitrogens with one attached hydrogen (secondary N) is 1. The van der Waals surface area contributed by atoms with Crippen LogP contribution in [0, 0.1) is 17.1 Å². The van der Waals surface area contributed by atoms with Crippen molar-refractivity contribution in [2.75, 3.05) is 37.6 Å². The van der Waals surface area contributed by atoms with Crippen LogP contribution in [-0.2, 0) is 0 Å². The number of rotatable bonds is 4. The number of benzene rings is 1. The van der Waals surface area contributed by atoms with E-state index in [1.54, 1.807) is 12.1 Å². The van der Waals surface area contributed by atoms with Crippen molar-refractivity contribution in [1.82, 2.24) is 4.90 Å². The van der Waals surface area contributed by atoms with Crippen LogP contribution in [0.1, 0.15) is 18.4 Å². The van der Waals surface area contributed by atoms with E-state index in [9.17, 15) is 4.39 Å². The van der Waals surface area contributed by atoms with Gasteiger partial charge in [0.25, 0.3) is 0 Å². The Hall–Kier alpha value is -1.14. The van der Waals surface area contributed by atoms with Crippen LogP contribution in [0.2, 0.25) is 0 Å². The summed E-state index contributed by atoms with van der Waals surface area (Å²) >= 11 is 3.22. The van der Waals surface area contributed by atoms with E-state index in [1.807, 2.05) is 0 Å². The van der Waals surface area contributed by atoms with Crippen LogP contribution in [-0.4, -0.2) is 43.5 Å². The van der Waals surface area contributed by atoms with Crippen LogP contribution in [0.25, 0.3) is 0 Å². The first-order chi connectivity index (χ1) is 10.1. The molecule has 1 saturated carbocycles. The van der Waals surface area contributed by atoms with E-state index in [2.05, 4.69) is 25.7 Å². The smallest absolute Gasteiger partial charge is 0.161 e. The van der Waals surface area contributed by atoms with Crippen LogP contribution in [0.3, 0.4) is 0 Å². The summed E-state index contributed by atoms with van der Waals surface area (Å²) in [5.74, 6) is 0.456. The van der Waals surface area contributed by atoms with E-state index in [1.165, 1.54) is 19.4 Å². The number of halogens is 2. The SMILES string of the molecule is N=C(N)c1ccc(N2CCN(CC3CC3)CC2)c(F)c1Br. The van der Waals surface area contributed by atoms with Gasteiger partial charge in [0.2, 0.25) is 0 Å². The molecular formula is C15H20BrFN4. The molecule has 3 rings (SSSR count). The Morgan fingerprint density at radius 3 is 2.52 bits per heavy atom. The Balaban J connectivity index is 1.70. The monoisotopic (exact) mass is 354 g/mol. The summed E-state index contributed by atoms with van der Waals surface area (Å²) in [6.45, 7) is 4.86. The Bertz CT molecular complexity index is 551. The van der Waals surface area contributed by atoms with E-state index in [4.69, 9.17) is 11.1 Å². The molecule has 21 heavy (non-hydrogen) atoms. The van der Waals surface area contributed by atoms with Gasteiger partial charge in [0.15, 0.2) is 5.82 Å². The fourth-order valence-corrected chi connectivity index (χ4v) is 3.38. The van der Waals surface area contributed by atoms with Gasteiger partial charge in [-0.05, 0) is 46.8 Å². The second-order valence-corrected chi connectivity index (χ2v) is 6.70. The standard InChI is InChI=1S/C15H20BrFN4/c16-13-11(15(18)19)3-4-12(14(13)17)21-7-5-20(6-8-21)9-10-1-2-10/h3-4,10H,1-2,5-9H2,(H3,18,19). The molecule has 114 valence electrons. The molecule has 4 nitrogen and oxygen atoms in total. The molecule has 1 aliphatic heterocycles. The maximum Gasteiger partial charge on any atom is 0.161 e. The molecule has 1 aliphatic carbocycles. The molecule has 1 aromatic carbocycles. The zero-order valence-electron chi connectivity index (χ0n) is 11.9. The number of hydrogen-bond acceptors (Lipinski definition) is 3. The van der Waals surface area contributed by atoms with Gasteiger partial charge in [-0.15, -0.1) is 0 Å². The van der Waals surface area contributed by atoms with Crippen molar-refractivity contribution in [1.29, 1.82) is 5.41 Å². The Morgan fingerprint density at radius 1 is 1.29 bits per heavy atom. The predicted molar refractivity (Wildman–Crippen MR) is 86.5 cm³/mol. The highest BCUT2D eigenvalue weighted by Crippen LogP contribution is 2.32. The van der Waals surface area contributed by atoms with Crippen molar-refractivity contribution in [3.05, 3.63) is 28.0 Å². The van der Waals surface area contributed by atoms with E-state index < -0.39 is 0 Å². The molecule has 1 aromatic rings. The van der Waals surface area contributed by atoms with Crippen molar-refractivity contribution < 1.29 is 4.39 Å². The van der Waals surface area contributed by atoms with Crippen molar-refractivity contribution in [3.63, 3.8) is 0 Å². The van der Waals surface area contributed by atoms with Gasteiger partial charge in [-0.2, -0.15) is 0 Å². The van der Waals surface area contributed by atoms with Crippen LogP contribution in [0.15, 0.2) is 16.6 Å². The molecule has 3 N–H and O–H groups in total. The number of nitrogen functional groups attached to an aromatic ring is 1. The minimum absolute atomic E-state index is 0.124. The lowest BCUT2D eigenvalue weighted by Gasteiger charge is -2.36. The molecule has 0 spiro atoms. The molecule has 2 fully saturated rings. The lowest BCUT2D eigenvalue weighted by molar-refractivity contribution is 0.247. The number of nitrogens with zero attached hydrogens (tertiary/aromatic N) is 2. The second-order valence-electron chi connectivity index (χ2n) is 5.90. The molecule has 1 heterocycles. The third kappa shape index (κ3) is 3.21. The summed E-state index contributed by atoms with van der Waals surface area (Å²) < 4.78 is 14.8. The molecule has 1 saturated heterocycles. The maximum atomic E-state index is 14.5. The van der Waals surface area contributed by atoms with Crippen molar-refractivity contribution >= 4 is 27.5 Å². The molecule has 0 unspecified atom stereocenters. The summed E-state index contributed by atoms with van der Waals surface area (Å²) in [7, 11) is 0. The molecule has 0 atom stereocenters. The average Bonchev–Trinajstić information content (AvgIpc) is 3.26. The molecule has 6 heteroatoms. The highest BCUT2D eigenvalue weighted by Gasteiger charge is 2.27. The third-order valence-electron chi connectivity index (χ3n) is 4.28. The van der Waals surface area contributed by atoms with Crippen LogP contribution in [0.5, 0.6) is 0 Å². The lowest BCUT2D eigenvalue weighted by atomic mass is 10.1. The van der Waals surface area contributed by atoms with Gasteiger partial charge in [-0.1, -0.05) is 0 Å². The minimum atomic E-state index is -0.321. The number of amidine groups is 1. The molecule has 0 amide bonds. The zero-order valence-corrected chi connectivity index (χ0v) is 13.5. The summed E-state index contributed by atoms with van der Waals surface area (Å²) in [5, 5.41) is 7.45. The number of anilines is 1.